The van der Waals surface area contributed by atoms with Gasteiger partial charge in [-0.25, -0.2) is 18.6 Å². The Morgan fingerprint density at radius 3 is 2.87 bits per heavy atom. The smallest absolute Gasteiger partial charge is 0.328 e. The van der Waals surface area contributed by atoms with Gasteiger partial charge < -0.3 is 10.1 Å². The number of alkyl halides is 2. The number of halogens is 3. The van der Waals surface area contributed by atoms with Crippen LogP contribution in [0.2, 0.25) is 5.28 Å². The molecular formula is C14H15ClF2N4O2. The van der Waals surface area contributed by atoms with Crippen molar-refractivity contribution >= 4 is 34.4 Å². The Morgan fingerprint density at radius 1 is 1.48 bits per heavy atom. The molecule has 0 bridgehead atoms. The van der Waals surface area contributed by atoms with E-state index in [0.29, 0.717) is 11.0 Å². The summed E-state index contributed by atoms with van der Waals surface area (Å²) in [6, 6.07) is 2.35. The van der Waals surface area contributed by atoms with Gasteiger partial charge >= 0.3 is 5.97 Å². The van der Waals surface area contributed by atoms with E-state index in [1.165, 1.54) is 13.3 Å². The predicted octanol–water partition coefficient (Wildman–Crippen LogP) is 3.07. The van der Waals surface area contributed by atoms with Gasteiger partial charge in [-0.15, -0.1) is 0 Å². The molecule has 23 heavy (non-hydrogen) atoms. The molecule has 0 saturated heterocycles. The summed E-state index contributed by atoms with van der Waals surface area (Å²) in [5, 5.41) is 2.74. The average Bonchev–Trinajstić information content (AvgIpc) is 2.49. The van der Waals surface area contributed by atoms with Crippen molar-refractivity contribution in [3.8, 4) is 0 Å². The Bertz CT molecular complexity index is 709. The molecule has 0 fully saturated rings. The predicted molar refractivity (Wildman–Crippen MR) is 81.6 cm³/mol. The SMILES string of the molecule is COC(=O)[C@@H](CCC(C)(F)F)Nc1nc(Cl)nc2cccnc12. The van der Waals surface area contributed by atoms with E-state index in [4.69, 9.17) is 11.6 Å². The molecule has 0 saturated carbocycles. The van der Waals surface area contributed by atoms with Crippen molar-refractivity contribution in [1.82, 2.24) is 15.0 Å². The lowest BCUT2D eigenvalue weighted by atomic mass is 10.1. The highest BCUT2D eigenvalue weighted by Crippen LogP contribution is 2.24. The fourth-order valence-corrected chi connectivity index (χ4v) is 2.17. The van der Waals surface area contributed by atoms with Gasteiger partial charge in [0.25, 0.3) is 0 Å². The van der Waals surface area contributed by atoms with E-state index in [2.05, 4.69) is 25.0 Å². The van der Waals surface area contributed by atoms with E-state index in [1.54, 1.807) is 12.1 Å². The summed E-state index contributed by atoms with van der Waals surface area (Å²) >= 11 is 5.84. The summed E-state index contributed by atoms with van der Waals surface area (Å²) in [5.74, 6) is -3.37. The molecule has 0 radical (unpaired) electrons. The molecule has 2 aromatic heterocycles. The maximum Gasteiger partial charge on any atom is 0.328 e. The molecule has 0 spiro atoms. The molecule has 0 amide bonds. The van der Waals surface area contributed by atoms with E-state index in [9.17, 15) is 13.6 Å². The number of carbonyl (C=O) groups is 1. The number of nitrogens with one attached hydrogen (secondary N) is 1. The second kappa shape index (κ2) is 6.99. The van der Waals surface area contributed by atoms with E-state index in [-0.39, 0.29) is 17.5 Å². The van der Waals surface area contributed by atoms with Crippen LogP contribution in [0.4, 0.5) is 14.6 Å². The van der Waals surface area contributed by atoms with E-state index in [1.807, 2.05) is 0 Å². The number of carbonyl (C=O) groups excluding carboxylic acids is 1. The van der Waals surface area contributed by atoms with Crippen molar-refractivity contribution in [1.29, 1.82) is 0 Å². The van der Waals surface area contributed by atoms with Crippen molar-refractivity contribution in [2.45, 2.75) is 31.7 Å². The van der Waals surface area contributed by atoms with Gasteiger partial charge in [0.15, 0.2) is 5.82 Å². The van der Waals surface area contributed by atoms with Gasteiger partial charge in [-0.3, -0.25) is 4.98 Å². The van der Waals surface area contributed by atoms with E-state index in [0.717, 1.165) is 6.92 Å². The van der Waals surface area contributed by atoms with Gasteiger partial charge in [-0.1, -0.05) is 0 Å². The average molecular weight is 345 g/mol. The zero-order valence-electron chi connectivity index (χ0n) is 12.5. The zero-order chi connectivity index (χ0) is 17.0. The van der Waals surface area contributed by atoms with E-state index >= 15 is 0 Å². The lowest BCUT2D eigenvalue weighted by molar-refractivity contribution is -0.142. The molecule has 6 nitrogen and oxygen atoms in total. The third-order valence-electron chi connectivity index (χ3n) is 3.10. The molecule has 1 atom stereocenters. The highest BCUT2D eigenvalue weighted by molar-refractivity contribution is 6.28. The summed E-state index contributed by atoms with van der Waals surface area (Å²) < 4.78 is 30.8. The number of fused-ring (bicyclic) bond motifs is 1. The minimum atomic E-state index is -2.89. The van der Waals surface area contributed by atoms with Gasteiger partial charge in [-0.05, 0) is 37.1 Å². The topological polar surface area (TPSA) is 77.0 Å². The second-order valence-corrected chi connectivity index (χ2v) is 5.38. The van der Waals surface area contributed by atoms with Crippen LogP contribution in [0.1, 0.15) is 19.8 Å². The highest BCUT2D eigenvalue weighted by Gasteiger charge is 2.28. The van der Waals surface area contributed by atoms with E-state index < -0.39 is 24.4 Å². The van der Waals surface area contributed by atoms with Crippen LogP contribution in [-0.2, 0) is 9.53 Å². The molecule has 2 rings (SSSR count). The van der Waals surface area contributed by atoms with Crippen molar-refractivity contribution in [2.24, 2.45) is 0 Å². The normalized spacial score (nSPS) is 12.9. The minimum absolute atomic E-state index is 0.0440. The molecule has 0 unspecified atom stereocenters. The Labute approximate surface area is 136 Å². The molecule has 0 aliphatic carbocycles. The molecule has 1 N–H and O–H groups in total. The number of methoxy groups -OCH3 is 1. The van der Waals surface area contributed by atoms with Crippen LogP contribution < -0.4 is 5.32 Å². The zero-order valence-corrected chi connectivity index (χ0v) is 13.3. The van der Waals surface area contributed by atoms with Gasteiger partial charge in [0.05, 0.1) is 12.6 Å². The Hall–Kier alpha value is -2.09. The summed E-state index contributed by atoms with van der Waals surface area (Å²) in [6.07, 6.45) is 0.911. The lowest BCUT2D eigenvalue weighted by Gasteiger charge is -2.19. The molecule has 2 heterocycles. The number of rotatable bonds is 6. The van der Waals surface area contributed by atoms with Crippen LogP contribution in [0.5, 0.6) is 0 Å². The van der Waals surface area contributed by atoms with Gasteiger partial charge in [0, 0.05) is 12.6 Å². The second-order valence-electron chi connectivity index (χ2n) is 5.04. The van der Waals surface area contributed by atoms with Crippen LogP contribution in [0.15, 0.2) is 18.3 Å². The van der Waals surface area contributed by atoms with Crippen LogP contribution in [0.3, 0.4) is 0 Å². The number of nitrogens with zero attached hydrogens (tertiary/aromatic N) is 3. The molecule has 2 aromatic rings. The summed E-state index contributed by atoms with van der Waals surface area (Å²) in [5.41, 5.74) is 0.855. The van der Waals surface area contributed by atoms with Crippen molar-refractivity contribution in [2.75, 3.05) is 12.4 Å². The van der Waals surface area contributed by atoms with Crippen molar-refractivity contribution in [3.05, 3.63) is 23.6 Å². The number of ether oxygens (including phenoxy) is 1. The first-order chi connectivity index (χ1) is 10.8. The van der Waals surface area contributed by atoms with Crippen molar-refractivity contribution < 1.29 is 18.3 Å². The Morgan fingerprint density at radius 2 is 2.22 bits per heavy atom. The Kier molecular flexibility index (Phi) is 5.25. The largest absolute Gasteiger partial charge is 0.467 e. The fourth-order valence-electron chi connectivity index (χ4n) is 1.99. The lowest BCUT2D eigenvalue weighted by Crippen LogP contribution is -2.32. The van der Waals surface area contributed by atoms with Gasteiger partial charge in [0.1, 0.15) is 11.6 Å². The fraction of sp³-hybridized carbons (Fsp3) is 0.429. The molecule has 0 aliphatic rings. The van der Waals surface area contributed by atoms with Crippen LogP contribution >= 0.6 is 11.6 Å². The standard InChI is InChI=1S/C14H15ClF2N4O2/c1-14(16,17)6-5-9(12(22)23-2)19-11-10-8(4-3-7-18-10)20-13(15)21-11/h3-4,7,9H,5-6H2,1-2H3,(H,19,20,21)/t9-/m1/s1. The number of hydrogen-bond acceptors (Lipinski definition) is 6. The minimum Gasteiger partial charge on any atom is -0.467 e. The van der Waals surface area contributed by atoms with Gasteiger partial charge in [-0.2, -0.15) is 4.98 Å². The summed E-state index contributed by atoms with van der Waals surface area (Å²) in [4.78, 5) is 23.9. The third-order valence-corrected chi connectivity index (χ3v) is 3.27. The third kappa shape index (κ3) is 4.69. The molecule has 9 heteroatoms. The number of esters is 1. The summed E-state index contributed by atoms with van der Waals surface area (Å²) in [6.45, 7) is 0.792. The number of hydrogen-bond donors (Lipinski definition) is 1. The summed E-state index contributed by atoms with van der Waals surface area (Å²) in [7, 11) is 1.18. The Balaban J connectivity index is 2.30. The monoisotopic (exact) mass is 344 g/mol. The number of aromatic nitrogens is 3. The first-order valence-electron chi connectivity index (χ1n) is 6.80. The quantitative estimate of drug-likeness (QED) is 0.641. The molecule has 0 aromatic carbocycles. The van der Waals surface area contributed by atoms with Crippen LogP contribution in [0, 0.1) is 0 Å². The number of anilines is 1. The van der Waals surface area contributed by atoms with Crippen molar-refractivity contribution in [3.63, 3.8) is 0 Å². The van der Waals surface area contributed by atoms with Crippen LogP contribution in [0.25, 0.3) is 11.0 Å². The first kappa shape index (κ1) is 17.3. The first-order valence-corrected chi connectivity index (χ1v) is 7.18. The molecular weight excluding hydrogens is 330 g/mol. The number of pyridine rings is 1. The maximum atomic E-state index is 13.1. The van der Waals surface area contributed by atoms with Gasteiger partial charge in [0.2, 0.25) is 11.2 Å². The highest BCUT2D eigenvalue weighted by atomic mass is 35.5. The van der Waals surface area contributed by atoms with Crippen LogP contribution in [-0.4, -0.2) is 40.0 Å². The maximum absolute atomic E-state index is 13.1. The molecule has 0 aliphatic heterocycles. The molecule has 124 valence electrons.